The number of para-hydroxylation sites is 1. The number of hydrogen-bond acceptors (Lipinski definition) is 4. The van der Waals surface area contributed by atoms with Gasteiger partial charge in [0, 0.05) is 15.6 Å². The van der Waals surface area contributed by atoms with Gasteiger partial charge in [-0.15, -0.1) is 0 Å². The summed E-state index contributed by atoms with van der Waals surface area (Å²) in [6.07, 6.45) is 1.46. The maximum absolute atomic E-state index is 12.5. The summed E-state index contributed by atoms with van der Waals surface area (Å²) in [5.74, 6) is -0.196. The Hall–Kier alpha value is -2.91. The monoisotopic (exact) mass is 412 g/mol. The van der Waals surface area contributed by atoms with Gasteiger partial charge in [0.2, 0.25) is 0 Å². The highest BCUT2D eigenvalue weighted by atomic mass is 79.9. The summed E-state index contributed by atoms with van der Waals surface area (Å²) in [5.41, 5.74) is 1.26. The fraction of sp³-hybridized carbons (Fsp3) is 0.150. The highest BCUT2D eigenvalue weighted by molar-refractivity contribution is 9.10. The van der Waals surface area contributed by atoms with Crippen molar-refractivity contribution in [2.75, 3.05) is 11.9 Å². The predicted molar refractivity (Wildman–Crippen MR) is 104 cm³/mol. The second-order valence-corrected chi connectivity index (χ2v) is 6.26. The van der Waals surface area contributed by atoms with E-state index in [1.807, 2.05) is 19.1 Å². The van der Waals surface area contributed by atoms with E-state index in [1.165, 1.54) is 13.0 Å². The Morgan fingerprint density at radius 2 is 2.00 bits per heavy atom. The number of nitrogens with one attached hydrogen (secondary N) is 1. The molecule has 0 aromatic heterocycles. The first-order valence-corrected chi connectivity index (χ1v) is 8.71. The zero-order valence-electron chi connectivity index (χ0n) is 14.4. The summed E-state index contributed by atoms with van der Waals surface area (Å²) in [7, 11) is 0. The van der Waals surface area contributed by atoms with E-state index in [4.69, 9.17) is 4.74 Å². The van der Waals surface area contributed by atoms with Crippen molar-refractivity contribution in [1.82, 2.24) is 0 Å². The quantitative estimate of drug-likeness (QED) is 0.427. The van der Waals surface area contributed by atoms with Crippen molar-refractivity contribution in [3.05, 3.63) is 63.6 Å². The minimum atomic E-state index is -0.594. The number of nitriles is 1. The van der Waals surface area contributed by atoms with E-state index in [9.17, 15) is 14.9 Å². The first-order valence-electron chi connectivity index (χ1n) is 7.91. The van der Waals surface area contributed by atoms with Gasteiger partial charge in [-0.25, -0.2) is 0 Å². The smallest absolute Gasteiger partial charge is 0.266 e. The van der Waals surface area contributed by atoms with Crippen molar-refractivity contribution in [1.29, 1.82) is 5.26 Å². The molecule has 132 valence electrons. The van der Waals surface area contributed by atoms with E-state index >= 15 is 0 Å². The van der Waals surface area contributed by atoms with Crippen molar-refractivity contribution in [2.24, 2.45) is 0 Å². The van der Waals surface area contributed by atoms with Crippen LogP contribution in [0.4, 0.5) is 5.69 Å². The number of amides is 1. The van der Waals surface area contributed by atoms with Gasteiger partial charge in [-0.05, 0) is 50.3 Å². The molecule has 2 aromatic rings. The summed E-state index contributed by atoms with van der Waals surface area (Å²) >= 11 is 3.37. The first-order chi connectivity index (χ1) is 12.5. The second-order valence-electron chi connectivity index (χ2n) is 5.34. The molecule has 26 heavy (non-hydrogen) atoms. The van der Waals surface area contributed by atoms with Gasteiger partial charge >= 0.3 is 0 Å². The number of anilines is 1. The third kappa shape index (κ3) is 4.80. The number of carbonyl (C=O) groups excluding carboxylic acids is 2. The van der Waals surface area contributed by atoms with E-state index in [0.717, 1.165) is 4.47 Å². The maximum atomic E-state index is 12.5. The molecule has 1 N–H and O–H groups in total. The average Bonchev–Trinajstić information content (AvgIpc) is 2.62. The van der Waals surface area contributed by atoms with Gasteiger partial charge in [0.25, 0.3) is 5.91 Å². The highest BCUT2D eigenvalue weighted by Crippen LogP contribution is 2.26. The zero-order valence-corrected chi connectivity index (χ0v) is 16.0. The number of nitrogens with zero attached hydrogens (tertiary/aromatic N) is 1. The molecule has 0 aliphatic carbocycles. The molecule has 0 aliphatic rings. The van der Waals surface area contributed by atoms with Crippen LogP contribution in [0.15, 0.2) is 52.5 Å². The molecule has 0 heterocycles. The average molecular weight is 413 g/mol. The molecule has 0 bridgehead atoms. The van der Waals surface area contributed by atoms with Crippen molar-refractivity contribution in [3.8, 4) is 11.8 Å². The summed E-state index contributed by atoms with van der Waals surface area (Å²) in [4.78, 5) is 24.2. The van der Waals surface area contributed by atoms with Gasteiger partial charge in [0.15, 0.2) is 5.78 Å². The van der Waals surface area contributed by atoms with Crippen LogP contribution in [-0.2, 0) is 4.79 Å². The Kier molecular flexibility index (Phi) is 6.70. The first kappa shape index (κ1) is 19.4. The molecule has 5 nitrogen and oxygen atoms in total. The highest BCUT2D eigenvalue weighted by Gasteiger charge is 2.14. The zero-order chi connectivity index (χ0) is 19.1. The van der Waals surface area contributed by atoms with Crippen LogP contribution in [0.2, 0.25) is 0 Å². The van der Waals surface area contributed by atoms with E-state index < -0.39 is 5.91 Å². The Labute approximate surface area is 160 Å². The van der Waals surface area contributed by atoms with Crippen LogP contribution in [0.1, 0.15) is 29.8 Å². The SMILES string of the molecule is CCOc1ccc(Br)cc1/C=C(/C#N)C(=O)Nc1ccccc1C(C)=O. The van der Waals surface area contributed by atoms with Crippen molar-refractivity contribution < 1.29 is 14.3 Å². The summed E-state index contributed by atoms with van der Waals surface area (Å²) < 4.78 is 6.33. The lowest BCUT2D eigenvalue weighted by Gasteiger charge is -2.10. The molecule has 0 fully saturated rings. The van der Waals surface area contributed by atoms with Crippen LogP contribution in [0.3, 0.4) is 0 Å². The number of ketones is 1. The topological polar surface area (TPSA) is 79.2 Å². The maximum Gasteiger partial charge on any atom is 0.266 e. The molecule has 0 aliphatic heterocycles. The Morgan fingerprint density at radius 1 is 1.27 bits per heavy atom. The normalized spacial score (nSPS) is 10.8. The van der Waals surface area contributed by atoms with Gasteiger partial charge in [-0.1, -0.05) is 28.1 Å². The lowest BCUT2D eigenvalue weighted by molar-refractivity contribution is -0.112. The van der Waals surface area contributed by atoms with Crippen LogP contribution in [0.25, 0.3) is 6.08 Å². The number of hydrogen-bond donors (Lipinski definition) is 1. The fourth-order valence-electron chi connectivity index (χ4n) is 2.31. The van der Waals surface area contributed by atoms with Gasteiger partial charge in [0.05, 0.1) is 12.3 Å². The molecule has 6 heteroatoms. The third-order valence-electron chi connectivity index (χ3n) is 3.49. The molecule has 2 rings (SSSR count). The number of ether oxygens (including phenoxy) is 1. The van der Waals surface area contributed by atoms with Crippen LogP contribution in [0, 0.1) is 11.3 Å². The molecule has 0 unspecified atom stereocenters. The predicted octanol–water partition coefficient (Wildman–Crippen LogP) is 4.60. The Balaban J connectivity index is 2.36. The minimum Gasteiger partial charge on any atom is -0.493 e. The number of carbonyl (C=O) groups is 2. The lowest BCUT2D eigenvalue weighted by atomic mass is 10.1. The van der Waals surface area contributed by atoms with Crippen molar-refractivity contribution >= 4 is 39.4 Å². The number of rotatable bonds is 6. The van der Waals surface area contributed by atoms with Crippen LogP contribution >= 0.6 is 15.9 Å². The largest absolute Gasteiger partial charge is 0.493 e. The van der Waals surface area contributed by atoms with Gasteiger partial charge in [-0.2, -0.15) is 5.26 Å². The molecule has 1 amide bonds. The van der Waals surface area contributed by atoms with Gasteiger partial charge in [-0.3, -0.25) is 9.59 Å². The van der Waals surface area contributed by atoms with Crippen LogP contribution in [0.5, 0.6) is 5.75 Å². The Morgan fingerprint density at radius 3 is 2.65 bits per heavy atom. The number of Topliss-reactive ketones (excluding diaryl/α,β-unsaturated/α-hetero) is 1. The van der Waals surface area contributed by atoms with Gasteiger partial charge < -0.3 is 10.1 Å². The van der Waals surface area contributed by atoms with Crippen molar-refractivity contribution in [3.63, 3.8) is 0 Å². The summed E-state index contributed by atoms with van der Waals surface area (Å²) in [6, 6.07) is 13.9. The molecule has 0 saturated heterocycles. The lowest BCUT2D eigenvalue weighted by Crippen LogP contribution is -2.15. The van der Waals surface area contributed by atoms with E-state index in [-0.39, 0.29) is 11.4 Å². The van der Waals surface area contributed by atoms with Crippen LogP contribution in [-0.4, -0.2) is 18.3 Å². The van der Waals surface area contributed by atoms with Gasteiger partial charge in [0.1, 0.15) is 17.4 Å². The van der Waals surface area contributed by atoms with Crippen LogP contribution < -0.4 is 10.1 Å². The summed E-state index contributed by atoms with van der Waals surface area (Å²) in [6.45, 7) is 3.73. The summed E-state index contributed by atoms with van der Waals surface area (Å²) in [5, 5.41) is 12.0. The molecule has 2 aromatic carbocycles. The van der Waals surface area contributed by atoms with E-state index in [0.29, 0.717) is 29.2 Å². The third-order valence-corrected chi connectivity index (χ3v) is 3.98. The molecule has 0 atom stereocenters. The second kappa shape index (κ2) is 8.97. The molecule has 0 spiro atoms. The minimum absolute atomic E-state index is 0.0950. The van der Waals surface area contributed by atoms with E-state index in [1.54, 1.807) is 36.4 Å². The molecule has 0 radical (unpaired) electrons. The standard InChI is InChI=1S/C20H17BrN2O3/c1-3-26-19-9-8-16(21)11-14(19)10-15(12-22)20(25)23-18-7-5-4-6-17(18)13(2)24/h4-11H,3H2,1-2H3,(H,23,25)/b15-10-. The Bertz CT molecular complexity index is 914. The van der Waals surface area contributed by atoms with Crippen molar-refractivity contribution in [2.45, 2.75) is 13.8 Å². The number of halogens is 1. The van der Waals surface area contributed by atoms with E-state index in [2.05, 4.69) is 21.2 Å². The molecular formula is C20H17BrN2O3. The molecular weight excluding hydrogens is 396 g/mol. The number of benzene rings is 2. The molecule has 0 saturated carbocycles. The fourth-order valence-corrected chi connectivity index (χ4v) is 2.69.